The quantitative estimate of drug-likeness (QED) is 0.342. The van der Waals surface area contributed by atoms with Crippen molar-refractivity contribution in [3.8, 4) is 0 Å². The Morgan fingerprint density at radius 3 is 2.04 bits per heavy atom. The zero-order chi connectivity index (χ0) is 19.9. The number of hydrogen-bond acceptors (Lipinski definition) is 0. The van der Waals surface area contributed by atoms with Crippen LogP contribution in [0.5, 0.6) is 0 Å². The van der Waals surface area contributed by atoms with Crippen molar-refractivity contribution >= 4 is 8.58 Å². The molecule has 0 aromatic carbocycles. The molecule has 0 aliphatic rings. The van der Waals surface area contributed by atoms with Crippen LogP contribution in [0, 0.1) is 13.8 Å². The monoisotopic (exact) mass is 540 g/mol. The van der Waals surface area contributed by atoms with Crippen LogP contribution < -0.4 is 8.58 Å². The van der Waals surface area contributed by atoms with Crippen LogP contribution in [0.15, 0.2) is 64.3 Å². The number of rotatable bonds is 8. The molecule has 27 heavy (non-hydrogen) atoms. The topological polar surface area (TPSA) is 31.6 Å². The van der Waals surface area contributed by atoms with Gasteiger partial charge >= 0.3 is 181 Å². The Hall–Kier alpha value is -1.23. The van der Waals surface area contributed by atoms with E-state index in [9.17, 15) is 0 Å². The van der Waals surface area contributed by atoms with Gasteiger partial charge in [-0.05, 0) is 0 Å². The van der Waals surface area contributed by atoms with Crippen molar-refractivity contribution in [3.05, 3.63) is 80.9 Å². The van der Waals surface area contributed by atoms with E-state index in [4.69, 9.17) is 0 Å². The SMILES string of the molecule is CC=CC=[CH][Ru][c]1[nH]cc(C)c1C.CC=CC=[CH][Ru][c]1[nH]ccc1CCC. The summed E-state index contributed by atoms with van der Waals surface area (Å²) in [6.45, 7) is 10.6. The predicted octanol–water partition coefficient (Wildman–Crippen LogP) is 5.19. The summed E-state index contributed by atoms with van der Waals surface area (Å²) in [5, 5.41) is 0. The van der Waals surface area contributed by atoms with E-state index in [0.717, 1.165) is 0 Å². The molecule has 2 heterocycles. The molecule has 0 fully saturated rings. The van der Waals surface area contributed by atoms with Crippen LogP contribution >= 0.6 is 0 Å². The van der Waals surface area contributed by atoms with Crippen LogP contribution in [0.25, 0.3) is 0 Å². The Balaban J connectivity index is 0.000000271. The minimum absolute atomic E-state index is 0.201. The first-order valence-corrected chi connectivity index (χ1v) is 13.0. The first-order chi connectivity index (χ1) is 13.1. The molecule has 0 amide bonds. The van der Waals surface area contributed by atoms with Crippen LogP contribution in [-0.2, 0) is 40.7 Å². The molecule has 2 aromatic rings. The van der Waals surface area contributed by atoms with E-state index in [1.54, 1.807) is 0 Å². The molecule has 2 rings (SSSR count). The third kappa shape index (κ3) is 9.50. The van der Waals surface area contributed by atoms with Gasteiger partial charge in [-0.1, -0.05) is 0 Å². The average Bonchev–Trinajstić information content (AvgIpc) is 3.24. The molecule has 0 aliphatic carbocycles. The van der Waals surface area contributed by atoms with Crippen molar-refractivity contribution in [3.63, 3.8) is 0 Å². The molecule has 2 aromatic heterocycles. The Morgan fingerprint density at radius 1 is 0.889 bits per heavy atom. The van der Waals surface area contributed by atoms with Crippen molar-refractivity contribution in [2.45, 2.75) is 47.5 Å². The van der Waals surface area contributed by atoms with E-state index in [1.165, 1.54) is 38.1 Å². The number of H-pyrrole nitrogens is 2. The molecule has 0 bridgehead atoms. The molecule has 0 aliphatic heterocycles. The van der Waals surface area contributed by atoms with E-state index in [0.29, 0.717) is 0 Å². The van der Waals surface area contributed by atoms with Gasteiger partial charge in [0.15, 0.2) is 0 Å². The van der Waals surface area contributed by atoms with Gasteiger partial charge in [-0.2, -0.15) is 0 Å². The molecule has 0 saturated carbocycles. The molecule has 2 nitrogen and oxygen atoms in total. The summed E-state index contributed by atoms with van der Waals surface area (Å²) < 4.78 is 7.38. The molecule has 0 atom stereocenters. The van der Waals surface area contributed by atoms with Gasteiger partial charge in [-0.25, -0.2) is 0 Å². The third-order valence-corrected chi connectivity index (χ3v) is 7.64. The first kappa shape index (κ1) is 23.8. The average molecular weight is 539 g/mol. The summed E-state index contributed by atoms with van der Waals surface area (Å²) in [5.74, 6) is 0. The second-order valence-corrected chi connectivity index (χ2v) is 9.73. The fraction of sp³-hybridized carbons (Fsp3) is 0.304. The fourth-order valence-electron chi connectivity index (χ4n) is 2.08. The number of aromatic nitrogens is 2. The number of nitrogens with one attached hydrogen (secondary N) is 2. The fourth-order valence-corrected chi connectivity index (χ4v) is 5.34. The van der Waals surface area contributed by atoms with Crippen LogP contribution in [0.4, 0.5) is 0 Å². The summed E-state index contributed by atoms with van der Waals surface area (Å²) in [6.07, 6.45) is 19.1. The van der Waals surface area contributed by atoms with Crippen LogP contribution in [0.3, 0.4) is 0 Å². The van der Waals surface area contributed by atoms with Gasteiger partial charge in [-0.15, -0.1) is 0 Å². The number of aromatic amines is 2. The molecule has 0 spiro atoms. The first-order valence-electron chi connectivity index (χ1n) is 9.22. The Kier molecular flexibility index (Phi) is 13.0. The van der Waals surface area contributed by atoms with E-state index in [1.807, 2.05) is 19.9 Å². The normalized spacial score (nSPS) is 12.2. The zero-order valence-corrected chi connectivity index (χ0v) is 20.4. The number of hydrogen-bond donors (Lipinski definition) is 2. The van der Waals surface area contributed by atoms with Crippen molar-refractivity contribution in [1.29, 1.82) is 0 Å². The predicted molar refractivity (Wildman–Crippen MR) is 112 cm³/mol. The second kappa shape index (κ2) is 14.8. The summed E-state index contributed by atoms with van der Waals surface area (Å²) in [5.41, 5.74) is 4.28. The second-order valence-electron chi connectivity index (χ2n) is 5.83. The standard InChI is InChI=1S/C7H10N.C6H8N.2C5H7.2Ru/c1-2-3-7-4-5-8-6-7;1-5-3-7-4-6(5)2;2*1-3-5-4-2;;/h4-5,8H,2-3H2,1H3;3,7H,1-2H3;2*1,3-5H,2H3;;. The Morgan fingerprint density at radius 2 is 1.52 bits per heavy atom. The van der Waals surface area contributed by atoms with Gasteiger partial charge in [0, 0.05) is 0 Å². The zero-order valence-electron chi connectivity index (χ0n) is 17.0. The van der Waals surface area contributed by atoms with Gasteiger partial charge in [0.2, 0.25) is 0 Å². The van der Waals surface area contributed by atoms with Gasteiger partial charge in [0.05, 0.1) is 0 Å². The molecule has 2 N–H and O–H groups in total. The summed E-state index contributed by atoms with van der Waals surface area (Å²) in [7, 11) is 0. The van der Waals surface area contributed by atoms with E-state index >= 15 is 0 Å². The molecular weight excluding hydrogens is 506 g/mol. The van der Waals surface area contributed by atoms with E-state index in [2.05, 4.69) is 88.9 Å². The van der Waals surface area contributed by atoms with Crippen molar-refractivity contribution in [2.75, 3.05) is 0 Å². The Labute approximate surface area is 180 Å². The summed E-state index contributed by atoms with van der Waals surface area (Å²) in [6, 6.07) is 2.21. The minimum atomic E-state index is 0.201. The third-order valence-electron chi connectivity index (χ3n) is 3.67. The number of aryl methyl sites for hydroxylation is 2. The van der Waals surface area contributed by atoms with Crippen LogP contribution in [0.1, 0.15) is 43.9 Å². The maximum absolute atomic E-state index is 3.33. The molecule has 0 saturated heterocycles. The molecule has 4 heteroatoms. The van der Waals surface area contributed by atoms with Crippen molar-refractivity contribution < 1.29 is 34.3 Å². The van der Waals surface area contributed by atoms with Gasteiger partial charge in [-0.3, -0.25) is 0 Å². The number of allylic oxidation sites excluding steroid dienone is 6. The Bertz CT molecular complexity index is 761. The van der Waals surface area contributed by atoms with Gasteiger partial charge < -0.3 is 0 Å². The molecule has 0 unspecified atom stereocenters. The van der Waals surface area contributed by atoms with Crippen LogP contribution in [0.2, 0.25) is 0 Å². The van der Waals surface area contributed by atoms with Crippen LogP contribution in [-0.4, -0.2) is 9.97 Å². The maximum atomic E-state index is 3.33. The summed E-state index contributed by atoms with van der Waals surface area (Å²) >= 11 is 0.409. The molecular formula is C23H32N2Ru2. The molecule has 0 radical (unpaired) electrons. The van der Waals surface area contributed by atoms with Crippen molar-refractivity contribution in [1.82, 2.24) is 9.97 Å². The van der Waals surface area contributed by atoms with E-state index < -0.39 is 0 Å². The van der Waals surface area contributed by atoms with Gasteiger partial charge in [0.1, 0.15) is 0 Å². The van der Waals surface area contributed by atoms with Crippen molar-refractivity contribution in [2.24, 2.45) is 0 Å². The molecule has 150 valence electrons. The van der Waals surface area contributed by atoms with E-state index in [-0.39, 0.29) is 34.3 Å². The van der Waals surface area contributed by atoms with Gasteiger partial charge in [0.25, 0.3) is 0 Å². The summed E-state index contributed by atoms with van der Waals surface area (Å²) in [4.78, 5) is 6.65.